The molecule has 5 nitrogen and oxygen atoms in total. The van der Waals surface area contributed by atoms with Gasteiger partial charge in [0.15, 0.2) is 5.75 Å². The molecule has 2 atom stereocenters. The van der Waals surface area contributed by atoms with E-state index in [1.807, 2.05) is 12.1 Å². The number of para-hydroxylation sites is 1. The Morgan fingerprint density at radius 2 is 2.08 bits per heavy atom. The van der Waals surface area contributed by atoms with Crippen LogP contribution < -0.4 is 16.1 Å². The van der Waals surface area contributed by atoms with Gasteiger partial charge in [-0.15, -0.1) is 0 Å². The van der Waals surface area contributed by atoms with E-state index in [2.05, 4.69) is 18.2 Å². The van der Waals surface area contributed by atoms with Crippen molar-refractivity contribution in [2.75, 3.05) is 0 Å². The Hall–Kier alpha value is -3.00. The largest absolute Gasteiger partial charge is 0.439 e. The first-order valence-electron chi connectivity index (χ1n) is 7.99. The van der Waals surface area contributed by atoms with Crippen molar-refractivity contribution < 1.29 is 9.15 Å². The highest BCUT2D eigenvalue weighted by Crippen LogP contribution is 2.46. The first kappa shape index (κ1) is 14.6. The van der Waals surface area contributed by atoms with Gasteiger partial charge in [0.1, 0.15) is 11.7 Å². The number of rotatable bonds is 1. The van der Waals surface area contributed by atoms with Gasteiger partial charge in [0.25, 0.3) is 0 Å². The van der Waals surface area contributed by atoms with E-state index in [9.17, 15) is 10.1 Å². The van der Waals surface area contributed by atoms with Crippen LogP contribution in [0.25, 0.3) is 11.0 Å². The summed E-state index contributed by atoms with van der Waals surface area (Å²) < 4.78 is 11.2. The maximum Gasteiger partial charge on any atom is 0.343 e. The van der Waals surface area contributed by atoms with Gasteiger partial charge in [0, 0.05) is 5.92 Å². The summed E-state index contributed by atoms with van der Waals surface area (Å²) >= 11 is 0. The lowest BCUT2D eigenvalue weighted by molar-refractivity contribution is 0.339. The monoisotopic (exact) mass is 320 g/mol. The fraction of sp³-hybridized carbons (Fsp3) is 0.263. The number of nitriles is 1. The number of hydrogen-bond donors (Lipinski definition) is 1. The second-order valence-corrected chi connectivity index (χ2v) is 6.14. The van der Waals surface area contributed by atoms with Crippen molar-refractivity contribution in [2.24, 2.45) is 11.7 Å². The molecule has 0 radical (unpaired) electrons. The fourth-order valence-corrected chi connectivity index (χ4v) is 3.69. The molecule has 2 aromatic rings. The normalized spacial score (nSPS) is 22.8. The van der Waals surface area contributed by atoms with Crippen LogP contribution in [-0.2, 0) is 0 Å². The van der Waals surface area contributed by atoms with Gasteiger partial charge in [0.2, 0.25) is 5.88 Å². The smallest absolute Gasteiger partial charge is 0.343 e. The average molecular weight is 320 g/mol. The van der Waals surface area contributed by atoms with Gasteiger partial charge in [-0.1, -0.05) is 24.3 Å². The Bertz CT molecular complexity index is 978. The van der Waals surface area contributed by atoms with E-state index in [-0.39, 0.29) is 17.7 Å². The van der Waals surface area contributed by atoms with Gasteiger partial charge in [-0.3, -0.25) is 0 Å². The zero-order valence-corrected chi connectivity index (χ0v) is 13.0. The van der Waals surface area contributed by atoms with Gasteiger partial charge in [-0.05, 0) is 37.3 Å². The van der Waals surface area contributed by atoms with Crippen LogP contribution in [0.3, 0.4) is 0 Å². The van der Waals surface area contributed by atoms with Crippen LogP contribution in [-0.4, -0.2) is 0 Å². The molecule has 0 fully saturated rings. The van der Waals surface area contributed by atoms with Crippen LogP contribution in [0.2, 0.25) is 0 Å². The molecule has 0 saturated carbocycles. The third kappa shape index (κ3) is 2.11. The molecule has 1 aliphatic carbocycles. The van der Waals surface area contributed by atoms with Crippen LogP contribution >= 0.6 is 0 Å². The minimum Gasteiger partial charge on any atom is -0.439 e. The molecule has 0 unspecified atom stereocenters. The second kappa shape index (κ2) is 5.57. The molecule has 2 heterocycles. The molecule has 0 spiro atoms. The maximum absolute atomic E-state index is 12.7. The van der Waals surface area contributed by atoms with Crippen molar-refractivity contribution in [2.45, 2.75) is 25.2 Å². The summed E-state index contributed by atoms with van der Waals surface area (Å²) in [6.07, 6.45) is 6.84. The van der Waals surface area contributed by atoms with E-state index in [0.717, 1.165) is 19.3 Å². The Kier molecular flexibility index (Phi) is 3.39. The number of nitrogens with zero attached hydrogens (tertiary/aromatic N) is 1. The third-order valence-corrected chi connectivity index (χ3v) is 4.80. The van der Waals surface area contributed by atoms with Crippen molar-refractivity contribution in [3.05, 3.63) is 63.9 Å². The standard InChI is InChI=1S/C19H16N2O3/c20-10-13-15(11-6-2-1-3-7-11)16-17(24-18(13)21)12-8-4-5-9-14(12)23-19(16)22/h1-2,4-5,8-9,11,15H,3,6-7,21H2/t11-,15-/m0/s1. The molecule has 24 heavy (non-hydrogen) atoms. The third-order valence-electron chi connectivity index (χ3n) is 4.80. The van der Waals surface area contributed by atoms with E-state index in [4.69, 9.17) is 14.9 Å². The van der Waals surface area contributed by atoms with Crippen LogP contribution in [0.4, 0.5) is 0 Å². The molecule has 0 amide bonds. The van der Waals surface area contributed by atoms with Crippen molar-refractivity contribution in [3.63, 3.8) is 0 Å². The van der Waals surface area contributed by atoms with E-state index in [1.54, 1.807) is 12.1 Å². The predicted molar refractivity (Wildman–Crippen MR) is 89.2 cm³/mol. The van der Waals surface area contributed by atoms with Gasteiger partial charge >= 0.3 is 5.63 Å². The average Bonchev–Trinajstić information content (AvgIpc) is 2.61. The summed E-state index contributed by atoms with van der Waals surface area (Å²) in [4.78, 5) is 12.7. The number of fused-ring (bicyclic) bond motifs is 3. The molecule has 5 heteroatoms. The van der Waals surface area contributed by atoms with Gasteiger partial charge in [-0.2, -0.15) is 5.26 Å². The molecule has 4 rings (SSSR count). The summed E-state index contributed by atoms with van der Waals surface area (Å²) in [6, 6.07) is 9.34. The molecule has 1 aromatic heterocycles. The summed E-state index contributed by atoms with van der Waals surface area (Å²) in [5.74, 6) is 0.262. The number of nitrogens with two attached hydrogens (primary N) is 1. The van der Waals surface area contributed by atoms with Crippen molar-refractivity contribution >= 4 is 11.0 Å². The fourth-order valence-electron chi connectivity index (χ4n) is 3.69. The quantitative estimate of drug-likeness (QED) is 0.643. The van der Waals surface area contributed by atoms with Crippen LogP contribution in [0.15, 0.2) is 57.1 Å². The molecular weight excluding hydrogens is 304 g/mol. The summed E-state index contributed by atoms with van der Waals surface area (Å²) in [5.41, 5.74) is 6.77. The van der Waals surface area contributed by atoms with Crippen molar-refractivity contribution in [3.8, 4) is 11.8 Å². The maximum atomic E-state index is 12.7. The lowest BCUT2D eigenvalue weighted by Gasteiger charge is -2.32. The Labute approximate surface area is 138 Å². The Morgan fingerprint density at radius 1 is 1.25 bits per heavy atom. The van der Waals surface area contributed by atoms with E-state index in [0.29, 0.717) is 27.9 Å². The first-order chi connectivity index (χ1) is 11.7. The van der Waals surface area contributed by atoms with E-state index >= 15 is 0 Å². The highest BCUT2D eigenvalue weighted by atomic mass is 16.5. The second-order valence-electron chi connectivity index (χ2n) is 6.14. The molecule has 120 valence electrons. The molecule has 2 N–H and O–H groups in total. The SMILES string of the molecule is N#CC1=C(N)Oc2c(c(=O)oc3ccccc23)[C@H]1[C@H]1CC=CCC1. The number of allylic oxidation sites excluding steroid dienone is 3. The summed E-state index contributed by atoms with van der Waals surface area (Å²) in [5, 5.41) is 10.3. The number of benzene rings is 1. The molecule has 2 aliphatic rings. The van der Waals surface area contributed by atoms with Gasteiger partial charge < -0.3 is 14.9 Å². The highest BCUT2D eigenvalue weighted by Gasteiger charge is 2.38. The molecular formula is C19H16N2O3. The molecule has 1 aromatic carbocycles. The minimum absolute atomic E-state index is 0.0836. The molecule has 0 saturated heterocycles. The Balaban J connectivity index is 2.00. The Morgan fingerprint density at radius 3 is 2.83 bits per heavy atom. The lowest BCUT2D eigenvalue weighted by atomic mass is 9.74. The summed E-state index contributed by atoms with van der Waals surface area (Å²) in [7, 11) is 0. The molecule has 1 aliphatic heterocycles. The number of ether oxygens (including phenoxy) is 1. The minimum atomic E-state index is -0.455. The number of hydrogen-bond acceptors (Lipinski definition) is 5. The van der Waals surface area contributed by atoms with Crippen LogP contribution in [0, 0.1) is 17.2 Å². The van der Waals surface area contributed by atoms with Gasteiger partial charge in [-0.25, -0.2) is 4.79 Å². The first-order valence-corrected chi connectivity index (χ1v) is 7.99. The van der Waals surface area contributed by atoms with Crippen LogP contribution in [0.1, 0.15) is 30.7 Å². The zero-order valence-electron chi connectivity index (χ0n) is 13.0. The van der Waals surface area contributed by atoms with Crippen molar-refractivity contribution in [1.29, 1.82) is 5.26 Å². The topological polar surface area (TPSA) is 89.3 Å². The molecule has 0 bridgehead atoms. The highest BCUT2D eigenvalue weighted by molar-refractivity contribution is 5.85. The van der Waals surface area contributed by atoms with Crippen molar-refractivity contribution in [1.82, 2.24) is 0 Å². The van der Waals surface area contributed by atoms with E-state index < -0.39 is 5.63 Å². The predicted octanol–water partition coefficient (Wildman–Crippen LogP) is 3.32. The van der Waals surface area contributed by atoms with E-state index in [1.165, 1.54) is 0 Å². The zero-order chi connectivity index (χ0) is 16.7. The van der Waals surface area contributed by atoms with Crippen LogP contribution in [0.5, 0.6) is 5.75 Å². The van der Waals surface area contributed by atoms with Gasteiger partial charge in [0.05, 0.1) is 16.5 Å². The summed E-state index contributed by atoms with van der Waals surface area (Å²) in [6.45, 7) is 0. The lowest BCUT2D eigenvalue weighted by Crippen LogP contribution is -2.30.